The van der Waals surface area contributed by atoms with E-state index in [1.165, 1.54) is 19.2 Å². The lowest BCUT2D eigenvalue weighted by atomic mass is 10.1. The van der Waals surface area contributed by atoms with Crippen LogP contribution in [0.2, 0.25) is 0 Å². The van der Waals surface area contributed by atoms with Gasteiger partial charge >= 0.3 is 12.3 Å². The minimum Gasteiger partial charge on any atom is -0.453 e. The average molecular weight is 582 g/mol. The van der Waals surface area contributed by atoms with Gasteiger partial charge in [0.2, 0.25) is 11.8 Å². The lowest BCUT2D eigenvalue weighted by molar-refractivity contribution is -0.134. The number of rotatable bonds is 11. The number of H-pyrrole nitrogens is 1. The van der Waals surface area contributed by atoms with Crippen LogP contribution in [0, 0.1) is 5.82 Å². The summed E-state index contributed by atoms with van der Waals surface area (Å²) < 4.78 is 57.8. The van der Waals surface area contributed by atoms with Gasteiger partial charge in [0.25, 0.3) is 5.56 Å². The van der Waals surface area contributed by atoms with E-state index in [-0.39, 0.29) is 53.4 Å². The molecule has 0 unspecified atom stereocenters. The van der Waals surface area contributed by atoms with Gasteiger partial charge in [0.05, 0.1) is 37.2 Å². The van der Waals surface area contributed by atoms with Crippen LogP contribution in [-0.2, 0) is 27.3 Å². The van der Waals surface area contributed by atoms with Crippen molar-refractivity contribution in [1.29, 1.82) is 0 Å². The molecule has 3 rings (SSSR count). The molecule has 1 aromatic carbocycles. The van der Waals surface area contributed by atoms with Crippen molar-refractivity contribution in [2.75, 3.05) is 19.5 Å². The molecule has 3 amide bonds. The van der Waals surface area contributed by atoms with E-state index in [1.807, 2.05) is 0 Å². The van der Waals surface area contributed by atoms with Crippen LogP contribution in [0.25, 0.3) is 11.0 Å². The number of carbonyl (C=O) groups is 3. The van der Waals surface area contributed by atoms with Crippen LogP contribution < -0.4 is 21.5 Å². The van der Waals surface area contributed by atoms with Crippen molar-refractivity contribution < 1.29 is 36.7 Å². The van der Waals surface area contributed by atoms with Gasteiger partial charge in [-0.2, -0.15) is 13.2 Å². The molecule has 0 bridgehead atoms. The standard InChI is InChI=1S/C25H27F4N7O5/c1-30-20(37)6-4-3-5-16(34-24(40)41-2)22(38)33-18-11-31-13-36(23(18)39)12-19-32-17-10-15(26)9-14(21(17)35-19)7-8-25(27,28)29/h4,6,9-11,13,16H,3,5,7-8,12H2,1-2H3,(H,30,37)(H,32,35)(H,33,38)(H,34,40)/b6-4+/t16-/m0/s1. The van der Waals surface area contributed by atoms with Crippen LogP contribution in [0.3, 0.4) is 0 Å². The second kappa shape index (κ2) is 13.5. The van der Waals surface area contributed by atoms with Gasteiger partial charge in [-0.1, -0.05) is 6.08 Å². The highest BCUT2D eigenvalue weighted by molar-refractivity contribution is 5.96. The Balaban J connectivity index is 1.78. The van der Waals surface area contributed by atoms with Crippen LogP contribution in [0.1, 0.15) is 30.7 Å². The predicted octanol–water partition coefficient (Wildman–Crippen LogP) is 2.55. The number of nitrogens with zero attached hydrogens (tertiary/aromatic N) is 3. The third-order valence-corrected chi connectivity index (χ3v) is 5.77. The fourth-order valence-electron chi connectivity index (χ4n) is 3.78. The lowest BCUT2D eigenvalue weighted by Crippen LogP contribution is -2.44. The van der Waals surface area contributed by atoms with Gasteiger partial charge in [0.15, 0.2) is 0 Å². The number of hydrogen-bond acceptors (Lipinski definition) is 7. The molecule has 0 radical (unpaired) electrons. The SMILES string of the molecule is CNC(=O)/C=C/CC[C@H](NC(=O)OC)C(=O)Nc1cncn(Cc2nc3c(CCC(F)(F)F)cc(F)cc3[nH]2)c1=O. The molecular formula is C25H27F4N7O5. The number of likely N-dealkylation sites (N-methyl/N-ethyl adjacent to an activating group) is 1. The maximum atomic E-state index is 14.0. The summed E-state index contributed by atoms with van der Waals surface area (Å²) in [7, 11) is 2.56. The molecule has 220 valence electrons. The number of hydrogen-bond donors (Lipinski definition) is 4. The highest BCUT2D eigenvalue weighted by atomic mass is 19.4. The third-order valence-electron chi connectivity index (χ3n) is 5.77. The number of aromatic nitrogens is 4. The average Bonchev–Trinajstić information content (AvgIpc) is 3.32. The van der Waals surface area contributed by atoms with Gasteiger partial charge in [0, 0.05) is 13.5 Å². The Kier molecular flexibility index (Phi) is 10.2. The minimum absolute atomic E-state index is 0.0561. The fraction of sp³-hybridized carbons (Fsp3) is 0.360. The summed E-state index contributed by atoms with van der Waals surface area (Å²) in [6.45, 7) is -0.224. The summed E-state index contributed by atoms with van der Waals surface area (Å²) in [6.07, 6.45) is -1.65. The normalized spacial score (nSPS) is 12.3. The van der Waals surface area contributed by atoms with Gasteiger partial charge in [-0.3, -0.25) is 19.0 Å². The number of aromatic amines is 1. The zero-order valence-corrected chi connectivity index (χ0v) is 22.0. The number of benzene rings is 1. The van der Waals surface area contributed by atoms with Crippen molar-refractivity contribution in [3.8, 4) is 0 Å². The molecule has 0 aliphatic rings. The van der Waals surface area contributed by atoms with Crippen molar-refractivity contribution in [3.05, 3.63) is 64.4 Å². The van der Waals surface area contributed by atoms with E-state index >= 15 is 0 Å². The number of amides is 3. The fourth-order valence-corrected chi connectivity index (χ4v) is 3.78. The largest absolute Gasteiger partial charge is 0.453 e. The molecule has 0 fully saturated rings. The first-order chi connectivity index (χ1) is 19.4. The summed E-state index contributed by atoms with van der Waals surface area (Å²) >= 11 is 0. The molecule has 2 heterocycles. The number of nitrogens with one attached hydrogen (secondary N) is 4. The first kappa shape index (κ1) is 30.8. The number of aryl methyl sites for hydroxylation is 1. The Morgan fingerprint density at radius 2 is 2.00 bits per heavy atom. The van der Waals surface area contributed by atoms with Crippen molar-refractivity contribution in [2.24, 2.45) is 0 Å². The zero-order valence-electron chi connectivity index (χ0n) is 22.0. The quantitative estimate of drug-likeness (QED) is 0.200. The van der Waals surface area contributed by atoms with Crippen LogP contribution in [0.4, 0.5) is 28.0 Å². The van der Waals surface area contributed by atoms with Gasteiger partial charge in [0.1, 0.15) is 23.4 Å². The van der Waals surface area contributed by atoms with E-state index < -0.39 is 48.4 Å². The Morgan fingerprint density at radius 3 is 2.68 bits per heavy atom. The molecule has 41 heavy (non-hydrogen) atoms. The Morgan fingerprint density at radius 1 is 1.24 bits per heavy atom. The molecule has 0 saturated heterocycles. The summed E-state index contributed by atoms with van der Waals surface area (Å²) in [5.41, 5.74) is -0.583. The van der Waals surface area contributed by atoms with Gasteiger partial charge in [-0.15, -0.1) is 0 Å². The van der Waals surface area contributed by atoms with Gasteiger partial charge in [-0.05, 0) is 43.0 Å². The van der Waals surface area contributed by atoms with E-state index in [9.17, 15) is 36.7 Å². The summed E-state index contributed by atoms with van der Waals surface area (Å²) in [5, 5.41) is 7.16. The number of alkyl carbamates (subject to hydrolysis) is 1. The number of alkyl halides is 3. The Bertz CT molecular complexity index is 1500. The second-order valence-electron chi connectivity index (χ2n) is 8.77. The van der Waals surface area contributed by atoms with E-state index in [0.29, 0.717) is 0 Å². The summed E-state index contributed by atoms with van der Waals surface area (Å²) in [6, 6.07) is 0.930. The van der Waals surface area contributed by atoms with Crippen LogP contribution in [0.5, 0.6) is 0 Å². The number of fused-ring (bicyclic) bond motifs is 1. The van der Waals surface area contributed by atoms with E-state index in [1.54, 1.807) is 0 Å². The molecule has 2 aromatic heterocycles. The molecule has 4 N–H and O–H groups in total. The predicted molar refractivity (Wildman–Crippen MR) is 138 cm³/mol. The topological polar surface area (TPSA) is 160 Å². The maximum absolute atomic E-state index is 14.0. The van der Waals surface area contributed by atoms with Crippen molar-refractivity contribution in [2.45, 2.75) is 44.4 Å². The second-order valence-corrected chi connectivity index (χ2v) is 8.77. The molecule has 3 aromatic rings. The minimum atomic E-state index is -4.44. The summed E-state index contributed by atoms with van der Waals surface area (Å²) in [5.74, 6) is -1.71. The highest BCUT2D eigenvalue weighted by Crippen LogP contribution is 2.26. The van der Waals surface area contributed by atoms with E-state index in [4.69, 9.17) is 0 Å². The van der Waals surface area contributed by atoms with Crippen molar-refractivity contribution in [3.63, 3.8) is 0 Å². The molecule has 0 spiro atoms. The van der Waals surface area contributed by atoms with E-state index in [2.05, 4.69) is 35.6 Å². The first-order valence-electron chi connectivity index (χ1n) is 12.2. The third kappa shape index (κ3) is 8.87. The Hall–Kier alpha value is -4.76. The van der Waals surface area contributed by atoms with Crippen molar-refractivity contribution >= 4 is 34.6 Å². The van der Waals surface area contributed by atoms with Crippen LogP contribution in [0.15, 0.2) is 41.6 Å². The monoisotopic (exact) mass is 581 g/mol. The molecule has 1 atom stereocenters. The number of allylic oxidation sites excluding steroid dienone is 1. The Labute approximate surface area is 230 Å². The molecular weight excluding hydrogens is 554 g/mol. The number of methoxy groups -OCH3 is 1. The zero-order chi connectivity index (χ0) is 30.2. The molecule has 16 heteroatoms. The maximum Gasteiger partial charge on any atom is 0.407 e. The smallest absolute Gasteiger partial charge is 0.407 e. The molecule has 0 aliphatic carbocycles. The summed E-state index contributed by atoms with van der Waals surface area (Å²) in [4.78, 5) is 60.0. The number of halogens is 4. The number of ether oxygens (including phenoxy) is 1. The molecule has 12 nitrogen and oxygen atoms in total. The van der Waals surface area contributed by atoms with Crippen LogP contribution in [-0.4, -0.2) is 63.8 Å². The number of imidazole rings is 1. The number of carbonyl (C=O) groups excluding carboxylic acids is 3. The molecule has 0 saturated carbocycles. The number of anilines is 1. The molecule has 0 aliphatic heterocycles. The first-order valence-corrected chi connectivity index (χ1v) is 12.2. The van der Waals surface area contributed by atoms with E-state index in [0.717, 1.165) is 36.3 Å². The highest BCUT2D eigenvalue weighted by Gasteiger charge is 2.27. The van der Waals surface area contributed by atoms with Crippen molar-refractivity contribution in [1.82, 2.24) is 30.2 Å². The lowest BCUT2D eigenvalue weighted by Gasteiger charge is -2.17. The van der Waals surface area contributed by atoms with Gasteiger partial charge < -0.3 is 25.7 Å². The van der Waals surface area contributed by atoms with Crippen LogP contribution >= 0.6 is 0 Å². The van der Waals surface area contributed by atoms with Gasteiger partial charge in [-0.25, -0.2) is 19.2 Å².